The Labute approximate surface area is 150 Å². The van der Waals surface area contributed by atoms with Crippen LogP contribution in [0, 0.1) is 18.6 Å². The zero-order valence-electron chi connectivity index (χ0n) is 12.5. The van der Waals surface area contributed by atoms with Gasteiger partial charge in [-0.3, -0.25) is 0 Å². The first kappa shape index (κ1) is 18.6. The Morgan fingerprint density at radius 3 is 2.50 bits per heavy atom. The van der Waals surface area contributed by atoms with Crippen molar-refractivity contribution in [1.82, 2.24) is 6.15 Å². The van der Waals surface area contributed by atoms with E-state index >= 15 is 0 Å². The van der Waals surface area contributed by atoms with Crippen molar-refractivity contribution in [1.29, 1.82) is 0 Å². The van der Waals surface area contributed by atoms with Gasteiger partial charge in [-0.2, -0.15) is 0 Å². The van der Waals surface area contributed by atoms with Crippen LogP contribution in [-0.4, -0.2) is 5.97 Å². The molecule has 0 aliphatic rings. The molecule has 4 N–H and O–H groups in total. The second kappa shape index (κ2) is 6.64. The van der Waals surface area contributed by atoms with E-state index in [1.165, 1.54) is 6.92 Å². The molecule has 2 aromatic carbocycles. The number of quaternary nitrogens is 1. The number of carbonyl (C=O) groups is 1. The topological polar surface area (TPSA) is 76.6 Å². The maximum atomic E-state index is 14.6. The summed E-state index contributed by atoms with van der Waals surface area (Å²) in [5.74, 6) is -3.06. The van der Waals surface area contributed by atoms with Gasteiger partial charge >= 0.3 is 0 Å². The van der Waals surface area contributed by atoms with Gasteiger partial charge in [-0.15, -0.1) is 11.3 Å². The van der Waals surface area contributed by atoms with Crippen LogP contribution in [0.4, 0.5) is 8.78 Å². The van der Waals surface area contributed by atoms with Crippen molar-refractivity contribution in [2.45, 2.75) is 6.92 Å². The van der Waals surface area contributed by atoms with Crippen LogP contribution in [-0.2, 0) is 0 Å². The lowest BCUT2D eigenvalue weighted by Crippen LogP contribution is -2.21. The molecule has 0 amide bonds. The fourth-order valence-corrected chi connectivity index (χ4v) is 3.86. The molecule has 24 heavy (non-hydrogen) atoms. The van der Waals surface area contributed by atoms with Crippen molar-refractivity contribution < 1.29 is 18.7 Å². The predicted molar refractivity (Wildman–Crippen MR) is 92.2 cm³/mol. The van der Waals surface area contributed by atoms with E-state index in [1.807, 2.05) is 0 Å². The van der Waals surface area contributed by atoms with Crippen LogP contribution in [0.25, 0.3) is 21.2 Å². The van der Waals surface area contributed by atoms with Crippen LogP contribution < -0.4 is 11.3 Å². The highest BCUT2D eigenvalue weighted by Crippen LogP contribution is 2.42. The van der Waals surface area contributed by atoms with Gasteiger partial charge in [-0.05, 0) is 25.1 Å². The molecule has 0 saturated carbocycles. The third-order valence-corrected chi connectivity index (χ3v) is 5.31. The van der Waals surface area contributed by atoms with Crippen molar-refractivity contribution in [3.8, 4) is 11.1 Å². The van der Waals surface area contributed by atoms with E-state index in [-0.39, 0.29) is 32.7 Å². The highest BCUT2D eigenvalue weighted by atomic mass is 35.5. The second-order valence-electron chi connectivity index (χ2n) is 4.89. The van der Waals surface area contributed by atoms with E-state index in [2.05, 4.69) is 0 Å². The van der Waals surface area contributed by atoms with Crippen LogP contribution in [0.15, 0.2) is 24.3 Å². The number of thiophene rings is 1. The number of hydrogen-bond acceptors (Lipinski definition) is 3. The summed E-state index contributed by atoms with van der Waals surface area (Å²) in [6.07, 6.45) is 0. The molecule has 0 spiro atoms. The number of fused-ring (bicyclic) bond motifs is 1. The standard InChI is InChI=1S/C16H8Cl2F2O2S.H3N/c1-6-13(18)10(19)5-9(14(6)20)12-8-3-2-7(17)4-11(8)23-15(12)16(21)22;/h2-5H,1H3,(H,21,22);1H3. The molecule has 3 aromatic rings. The Morgan fingerprint density at radius 1 is 1.21 bits per heavy atom. The third kappa shape index (κ3) is 2.86. The number of carboxylic acid groups (broad SMARTS) is 1. The van der Waals surface area contributed by atoms with Gasteiger partial charge in [-0.1, -0.05) is 29.3 Å². The monoisotopic (exact) mass is 389 g/mol. The summed E-state index contributed by atoms with van der Waals surface area (Å²) < 4.78 is 29.0. The SMILES string of the molecule is Cc1c(F)c(-c2c(C(=O)[O-])sc3cc(Cl)ccc23)cc(F)c1Cl.[NH4+]. The minimum Gasteiger partial charge on any atom is -0.544 e. The summed E-state index contributed by atoms with van der Waals surface area (Å²) in [4.78, 5) is 11.2. The van der Waals surface area contributed by atoms with Crippen molar-refractivity contribution in [3.63, 3.8) is 0 Å². The third-order valence-electron chi connectivity index (χ3n) is 3.48. The maximum Gasteiger partial charge on any atom is 0.142 e. The van der Waals surface area contributed by atoms with Gasteiger partial charge in [0.15, 0.2) is 0 Å². The zero-order valence-corrected chi connectivity index (χ0v) is 14.9. The van der Waals surface area contributed by atoms with Crippen molar-refractivity contribution in [2.75, 3.05) is 0 Å². The molecule has 0 saturated heterocycles. The highest BCUT2D eigenvalue weighted by molar-refractivity contribution is 7.21. The lowest BCUT2D eigenvalue weighted by molar-refractivity contribution is -0.254. The van der Waals surface area contributed by atoms with Gasteiger partial charge in [-0.25, -0.2) is 8.78 Å². The fourth-order valence-electron chi connectivity index (χ4n) is 2.39. The number of rotatable bonds is 2. The lowest BCUT2D eigenvalue weighted by Gasteiger charge is -2.11. The van der Waals surface area contributed by atoms with Gasteiger partial charge in [0.1, 0.15) is 11.6 Å². The Balaban J connectivity index is 0.00000208. The molecule has 8 heteroatoms. The van der Waals surface area contributed by atoms with Crippen LogP contribution in [0.1, 0.15) is 15.2 Å². The Bertz CT molecular complexity index is 973. The second-order valence-corrected chi connectivity index (χ2v) is 6.76. The Kier molecular flexibility index (Phi) is 5.15. The molecule has 0 unspecified atom stereocenters. The molecule has 3 rings (SSSR count). The van der Waals surface area contributed by atoms with E-state index in [0.717, 1.165) is 17.4 Å². The summed E-state index contributed by atoms with van der Waals surface area (Å²) in [5, 5.41) is 12.0. The Morgan fingerprint density at radius 2 is 1.88 bits per heavy atom. The average molecular weight is 390 g/mol. The summed E-state index contributed by atoms with van der Waals surface area (Å²) >= 11 is 12.5. The van der Waals surface area contributed by atoms with E-state index in [0.29, 0.717) is 15.1 Å². The molecule has 1 aromatic heterocycles. The molecule has 0 aliphatic heterocycles. The van der Waals surface area contributed by atoms with E-state index in [4.69, 9.17) is 23.2 Å². The predicted octanol–water partition coefficient (Wildman–Crippen LogP) is 5.20. The molecule has 0 atom stereocenters. The number of carbonyl (C=O) groups excluding carboxylic acids is 1. The zero-order chi connectivity index (χ0) is 16.9. The van der Waals surface area contributed by atoms with Crippen LogP contribution in [0.2, 0.25) is 10.0 Å². The number of hydrogen-bond donors (Lipinski definition) is 1. The summed E-state index contributed by atoms with van der Waals surface area (Å²) in [6, 6.07) is 5.58. The lowest BCUT2D eigenvalue weighted by atomic mass is 9.99. The molecule has 0 fully saturated rings. The molecular formula is C16H11Cl2F2NO2S. The first-order valence-corrected chi connectivity index (χ1v) is 7.96. The largest absolute Gasteiger partial charge is 0.544 e. The first-order chi connectivity index (χ1) is 10.8. The molecule has 126 valence electrons. The normalized spacial score (nSPS) is 10.7. The first-order valence-electron chi connectivity index (χ1n) is 6.39. The number of carboxylic acids is 1. The number of halogens is 4. The van der Waals surface area contributed by atoms with E-state index in [9.17, 15) is 18.7 Å². The Hall–Kier alpha value is -1.73. The van der Waals surface area contributed by atoms with Gasteiger partial charge in [0.05, 0.1) is 15.9 Å². The number of aromatic carboxylic acids is 1. The molecule has 0 aliphatic carbocycles. The van der Waals surface area contributed by atoms with Crippen molar-refractivity contribution in [3.05, 3.63) is 56.4 Å². The average Bonchev–Trinajstić information content (AvgIpc) is 2.87. The minimum atomic E-state index is -1.47. The summed E-state index contributed by atoms with van der Waals surface area (Å²) in [6.45, 7) is 1.33. The van der Waals surface area contributed by atoms with E-state index in [1.54, 1.807) is 18.2 Å². The van der Waals surface area contributed by atoms with Crippen LogP contribution in [0.3, 0.4) is 0 Å². The molecule has 1 heterocycles. The smallest absolute Gasteiger partial charge is 0.142 e. The van der Waals surface area contributed by atoms with Gasteiger partial charge < -0.3 is 16.1 Å². The molecular weight excluding hydrogens is 379 g/mol. The summed E-state index contributed by atoms with van der Waals surface area (Å²) in [5.41, 5.74) is -0.186. The van der Waals surface area contributed by atoms with Crippen LogP contribution >= 0.6 is 34.5 Å². The van der Waals surface area contributed by atoms with Gasteiger partial charge in [0.25, 0.3) is 0 Å². The van der Waals surface area contributed by atoms with Crippen molar-refractivity contribution >= 4 is 50.6 Å². The molecule has 3 nitrogen and oxygen atoms in total. The molecule has 0 radical (unpaired) electrons. The van der Waals surface area contributed by atoms with Gasteiger partial charge in [0.2, 0.25) is 0 Å². The van der Waals surface area contributed by atoms with Crippen LogP contribution in [0.5, 0.6) is 0 Å². The summed E-state index contributed by atoms with van der Waals surface area (Å²) in [7, 11) is 0. The maximum absolute atomic E-state index is 14.6. The fraction of sp³-hybridized carbons (Fsp3) is 0.0625. The quantitative estimate of drug-likeness (QED) is 0.611. The van der Waals surface area contributed by atoms with Crippen molar-refractivity contribution in [2.24, 2.45) is 0 Å². The number of benzene rings is 2. The van der Waals surface area contributed by atoms with E-state index < -0.39 is 17.6 Å². The molecule has 0 bridgehead atoms. The highest BCUT2D eigenvalue weighted by Gasteiger charge is 2.22. The minimum absolute atomic E-state index is 0. The van der Waals surface area contributed by atoms with Gasteiger partial charge in [0, 0.05) is 31.8 Å².